The molecular weight excluding hydrogens is 346 g/mol. The Morgan fingerprint density at radius 2 is 2.28 bits per heavy atom. The van der Waals surface area contributed by atoms with Crippen molar-refractivity contribution in [2.75, 3.05) is 0 Å². The molecular formula is C16H14ClN5O3. The van der Waals surface area contributed by atoms with Crippen molar-refractivity contribution in [3.8, 4) is 11.9 Å². The van der Waals surface area contributed by atoms with Crippen LogP contribution in [0, 0.1) is 21.4 Å². The van der Waals surface area contributed by atoms with Gasteiger partial charge in [0.15, 0.2) is 0 Å². The van der Waals surface area contributed by atoms with Gasteiger partial charge < -0.3 is 10.5 Å². The summed E-state index contributed by atoms with van der Waals surface area (Å²) in [6.45, 7) is 1.99. The van der Waals surface area contributed by atoms with Gasteiger partial charge in [-0.25, -0.2) is 0 Å². The van der Waals surface area contributed by atoms with Gasteiger partial charge in [0, 0.05) is 11.8 Å². The largest absolute Gasteiger partial charge is 0.420 e. The second-order valence-electron chi connectivity index (χ2n) is 5.53. The number of allylic oxidation sites excluding steroid dienone is 1. The minimum absolute atomic E-state index is 0.0717. The number of nitro benzene ring substituents is 1. The third-order valence-corrected chi connectivity index (χ3v) is 4.36. The van der Waals surface area contributed by atoms with Crippen LogP contribution >= 0.6 is 11.6 Å². The van der Waals surface area contributed by atoms with Crippen LogP contribution in [-0.2, 0) is 6.42 Å². The second kappa shape index (κ2) is 6.45. The van der Waals surface area contributed by atoms with E-state index in [0.29, 0.717) is 12.0 Å². The Bertz CT molecular complexity index is 928. The number of rotatable bonds is 4. The molecule has 0 fully saturated rings. The predicted octanol–water partition coefficient (Wildman–Crippen LogP) is 3.14. The van der Waals surface area contributed by atoms with Gasteiger partial charge in [-0.05, 0) is 12.5 Å². The van der Waals surface area contributed by atoms with E-state index in [1.165, 1.54) is 12.1 Å². The lowest BCUT2D eigenvalue weighted by atomic mass is 9.82. The molecule has 0 bridgehead atoms. The molecule has 1 aromatic carbocycles. The Morgan fingerprint density at radius 3 is 2.92 bits per heavy atom. The van der Waals surface area contributed by atoms with Crippen LogP contribution in [0.3, 0.4) is 0 Å². The SMILES string of the molecule is CCCc1[nH]nc2c1C(c1c(Cl)cccc1[N+](=O)[O-])C(C#N)=C(N)O2. The Hall–Kier alpha value is -3.05. The first-order valence-electron chi connectivity index (χ1n) is 7.57. The lowest BCUT2D eigenvalue weighted by Gasteiger charge is -2.24. The molecule has 2 heterocycles. The number of nitrogens with zero attached hydrogens (tertiary/aromatic N) is 3. The van der Waals surface area contributed by atoms with Gasteiger partial charge >= 0.3 is 0 Å². The molecule has 0 saturated carbocycles. The molecule has 0 amide bonds. The smallest absolute Gasteiger partial charge is 0.275 e. The highest BCUT2D eigenvalue weighted by Gasteiger charge is 2.39. The van der Waals surface area contributed by atoms with Crippen molar-refractivity contribution in [3.05, 3.63) is 61.6 Å². The highest BCUT2D eigenvalue weighted by atomic mass is 35.5. The normalized spacial score (nSPS) is 16.1. The predicted molar refractivity (Wildman–Crippen MR) is 90.0 cm³/mol. The third-order valence-electron chi connectivity index (χ3n) is 4.03. The van der Waals surface area contributed by atoms with Crippen LogP contribution in [0.1, 0.15) is 36.1 Å². The number of ether oxygens (including phenoxy) is 1. The molecule has 8 nitrogen and oxygen atoms in total. The number of H-pyrrole nitrogens is 1. The number of fused-ring (bicyclic) bond motifs is 1. The zero-order valence-corrected chi connectivity index (χ0v) is 14.0. The summed E-state index contributed by atoms with van der Waals surface area (Å²) in [5.74, 6) is -0.744. The zero-order valence-electron chi connectivity index (χ0n) is 13.2. The van der Waals surface area contributed by atoms with Crippen LogP contribution < -0.4 is 10.5 Å². The van der Waals surface area contributed by atoms with Crippen LogP contribution in [-0.4, -0.2) is 15.1 Å². The minimum Gasteiger partial charge on any atom is -0.420 e. The molecule has 1 atom stereocenters. The quantitative estimate of drug-likeness (QED) is 0.636. The summed E-state index contributed by atoms with van der Waals surface area (Å²) in [6.07, 6.45) is 1.45. The summed E-state index contributed by atoms with van der Waals surface area (Å²) in [5, 5.41) is 28.2. The third kappa shape index (κ3) is 2.68. The highest BCUT2D eigenvalue weighted by Crippen LogP contribution is 2.47. The number of nitrogens with two attached hydrogens (primary N) is 1. The minimum atomic E-state index is -0.817. The molecule has 0 spiro atoms. The van der Waals surface area contributed by atoms with Gasteiger partial charge in [-0.2, -0.15) is 5.26 Å². The van der Waals surface area contributed by atoms with Crippen molar-refractivity contribution >= 4 is 17.3 Å². The molecule has 2 aromatic rings. The number of nitro groups is 1. The lowest BCUT2D eigenvalue weighted by Crippen LogP contribution is -2.22. The monoisotopic (exact) mass is 359 g/mol. The molecule has 1 aliphatic rings. The van der Waals surface area contributed by atoms with Crippen LogP contribution in [0.2, 0.25) is 5.02 Å². The van der Waals surface area contributed by atoms with Gasteiger partial charge in [-0.3, -0.25) is 15.2 Å². The summed E-state index contributed by atoms with van der Waals surface area (Å²) >= 11 is 6.29. The number of nitriles is 1. The van der Waals surface area contributed by atoms with E-state index in [4.69, 9.17) is 22.1 Å². The number of halogens is 1. The number of aromatic amines is 1. The van der Waals surface area contributed by atoms with Crippen LogP contribution in [0.15, 0.2) is 29.7 Å². The Morgan fingerprint density at radius 1 is 1.52 bits per heavy atom. The Balaban J connectivity index is 2.34. The van der Waals surface area contributed by atoms with Gasteiger partial charge in [-0.15, -0.1) is 5.10 Å². The summed E-state index contributed by atoms with van der Waals surface area (Å²) in [6, 6.07) is 6.39. The van der Waals surface area contributed by atoms with E-state index >= 15 is 0 Å². The van der Waals surface area contributed by atoms with Gasteiger partial charge in [0.1, 0.15) is 11.6 Å². The van der Waals surface area contributed by atoms with Crippen LogP contribution in [0.4, 0.5) is 5.69 Å². The van der Waals surface area contributed by atoms with Crippen molar-refractivity contribution in [2.45, 2.75) is 25.7 Å². The van der Waals surface area contributed by atoms with Gasteiger partial charge in [0.05, 0.1) is 27.0 Å². The average molecular weight is 360 g/mol. The molecule has 1 aliphatic heterocycles. The number of hydrogen-bond acceptors (Lipinski definition) is 6. The van der Waals surface area contributed by atoms with Crippen molar-refractivity contribution in [3.63, 3.8) is 0 Å². The molecule has 1 unspecified atom stereocenters. The highest BCUT2D eigenvalue weighted by molar-refractivity contribution is 6.31. The average Bonchev–Trinajstić information content (AvgIpc) is 2.96. The first kappa shape index (κ1) is 16.8. The second-order valence-corrected chi connectivity index (χ2v) is 5.93. The maximum absolute atomic E-state index is 11.5. The van der Waals surface area contributed by atoms with E-state index in [9.17, 15) is 15.4 Å². The van der Waals surface area contributed by atoms with E-state index in [0.717, 1.165) is 12.1 Å². The molecule has 0 aliphatic carbocycles. The van der Waals surface area contributed by atoms with Gasteiger partial charge in [0.25, 0.3) is 5.69 Å². The fourth-order valence-corrected chi connectivity index (χ4v) is 3.29. The van der Waals surface area contributed by atoms with Crippen molar-refractivity contribution in [1.82, 2.24) is 10.2 Å². The molecule has 0 saturated heterocycles. The number of aryl methyl sites for hydroxylation is 1. The molecule has 0 radical (unpaired) electrons. The summed E-state index contributed by atoms with van der Waals surface area (Å²) < 4.78 is 5.43. The zero-order chi connectivity index (χ0) is 18.1. The number of benzene rings is 1. The first-order chi connectivity index (χ1) is 12.0. The molecule has 128 valence electrons. The topological polar surface area (TPSA) is 131 Å². The number of aromatic nitrogens is 2. The van der Waals surface area contributed by atoms with Crippen LogP contribution in [0.5, 0.6) is 5.88 Å². The van der Waals surface area contributed by atoms with Gasteiger partial charge in [0.2, 0.25) is 11.8 Å². The van der Waals surface area contributed by atoms with Crippen LogP contribution in [0.25, 0.3) is 0 Å². The molecule has 1 aromatic heterocycles. The number of hydrogen-bond donors (Lipinski definition) is 2. The van der Waals surface area contributed by atoms with Crippen molar-refractivity contribution in [1.29, 1.82) is 5.26 Å². The van der Waals surface area contributed by atoms with Crippen molar-refractivity contribution in [2.24, 2.45) is 5.73 Å². The van der Waals surface area contributed by atoms with E-state index in [1.807, 2.05) is 13.0 Å². The molecule has 3 rings (SSSR count). The molecule has 9 heteroatoms. The van der Waals surface area contributed by atoms with E-state index < -0.39 is 10.8 Å². The van der Waals surface area contributed by atoms with E-state index in [-0.39, 0.29) is 33.6 Å². The summed E-state index contributed by atoms with van der Waals surface area (Å²) in [4.78, 5) is 11.0. The van der Waals surface area contributed by atoms with E-state index in [1.54, 1.807) is 6.07 Å². The Labute approximate surface area is 148 Å². The van der Waals surface area contributed by atoms with Crippen molar-refractivity contribution < 1.29 is 9.66 Å². The number of nitrogens with one attached hydrogen (secondary N) is 1. The van der Waals surface area contributed by atoms with E-state index in [2.05, 4.69) is 10.2 Å². The Kier molecular flexibility index (Phi) is 4.33. The summed E-state index contributed by atoms with van der Waals surface area (Å²) in [5.41, 5.74) is 7.24. The molecule has 25 heavy (non-hydrogen) atoms. The lowest BCUT2D eigenvalue weighted by molar-refractivity contribution is -0.385. The standard InChI is InChI=1S/C16H14ClN5O3/c1-2-4-10-14-12(8(7-18)15(19)25-16(14)21-20-10)13-9(17)5-3-6-11(13)22(23)24/h3,5-6,12H,2,4,19H2,1H3,(H,20,21). The summed E-state index contributed by atoms with van der Waals surface area (Å²) in [7, 11) is 0. The maximum Gasteiger partial charge on any atom is 0.275 e. The molecule has 3 N–H and O–H groups in total. The first-order valence-corrected chi connectivity index (χ1v) is 7.94. The fraction of sp³-hybridized carbons (Fsp3) is 0.250. The van der Waals surface area contributed by atoms with Gasteiger partial charge in [-0.1, -0.05) is 31.0 Å². The fourth-order valence-electron chi connectivity index (χ4n) is 3.01. The maximum atomic E-state index is 11.5.